The molecule has 8 nitrogen and oxygen atoms in total. The minimum Gasteiger partial charge on any atom is -0.322 e. The smallest absolute Gasteiger partial charge is 0.274 e. The monoisotopic (exact) mass is 425 g/mol. The normalized spacial score (nSPS) is 11.0. The zero-order valence-corrected chi connectivity index (χ0v) is 17.1. The Balaban J connectivity index is 1.77. The van der Waals surface area contributed by atoms with Crippen molar-refractivity contribution < 1.29 is 18.1 Å². The van der Waals surface area contributed by atoms with Crippen LogP contribution in [0.1, 0.15) is 21.5 Å². The van der Waals surface area contributed by atoms with Gasteiger partial charge in [0.25, 0.3) is 21.6 Å². The lowest BCUT2D eigenvalue weighted by molar-refractivity contribution is -0.385. The minimum atomic E-state index is -3.81. The summed E-state index contributed by atoms with van der Waals surface area (Å²) in [4.78, 5) is 23.0. The van der Waals surface area contributed by atoms with Crippen LogP contribution in [-0.2, 0) is 10.0 Å². The van der Waals surface area contributed by atoms with Crippen LogP contribution in [0, 0.1) is 24.0 Å². The molecule has 0 radical (unpaired) electrons. The van der Waals surface area contributed by atoms with Crippen LogP contribution in [0.3, 0.4) is 0 Å². The second-order valence-electron chi connectivity index (χ2n) is 6.66. The second-order valence-corrected chi connectivity index (χ2v) is 8.34. The fourth-order valence-electron chi connectivity index (χ4n) is 2.76. The summed E-state index contributed by atoms with van der Waals surface area (Å²) in [6, 6.07) is 16.8. The van der Waals surface area contributed by atoms with E-state index in [0.717, 1.165) is 5.56 Å². The summed E-state index contributed by atoms with van der Waals surface area (Å²) in [5.74, 6) is -0.510. The van der Waals surface area contributed by atoms with Crippen molar-refractivity contribution in [3.8, 4) is 0 Å². The molecule has 0 heterocycles. The zero-order valence-electron chi connectivity index (χ0n) is 16.2. The van der Waals surface area contributed by atoms with Gasteiger partial charge in [-0.1, -0.05) is 24.3 Å². The number of benzene rings is 3. The van der Waals surface area contributed by atoms with Crippen molar-refractivity contribution in [1.29, 1.82) is 0 Å². The van der Waals surface area contributed by atoms with Crippen molar-refractivity contribution in [2.24, 2.45) is 0 Å². The fraction of sp³-hybridized carbons (Fsp3) is 0.0952. The van der Waals surface area contributed by atoms with Gasteiger partial charge in [-0.25, -0.2) is 8.42 Å². The number of hydrogen-bond acceptors (Lipinski definition) is 5. The Hall–Kier alpha value is -3.72. The predicted molar refractivity (Wildman–Crippen MR) is 114 cm³/mol. The fourth-order valence-corrected chi connectivity index (χ4v) is 3.89. The number of hydrogen-bond donors (Lipinski definition) is 2. The number of aryl methyl sites for hydroxylation is 2. The van der Waals surface area contributed by atoms with Crippen molar-refractivity contribution in [3.05, 3.63) is 93.5 Å². The van der Waals surface area contributed by atoms with Gasteiger partial charge in [0.15, 0.2) is 0 Å². The summed E-state index contributed by atoms with van der Waals surface area (Å²) in [6.45, 7) is 3.40. The Morgan fingerprint density at radius 3 is 2.23 bits per heavy atom. The highest BCUT2D eigenvalue weighted by molar-refractivity contribution is 7.92. The Kier molecular flexibility index (Phi) is 5.84. The number of amides is 1. The number of carbonyl (C=O) groups excluding carboxylic acids is 1. The summed E-state index contributed by atoms with van der Waals surface area (Å²) in [6.07, 6.45) is 0. The summed E-state index contributed by atoms with van der Waals surface area (Å²) in [5, 5.41) is 13.6. The number of sulfonamides is 1. The molecule has 0 unspecified atom stereocenters. The Bertz CT molecular complexity index is 1220. The Morgan fingerprint density at radius 2 is 1.60 bits per heavy atom. The number of para-hydroxylation sites is 1. The van der Waals surface area contributed by atoms with E-state index in [1.54, 1.807) is 44.2 Å². The van der Waals surface area contributed by atoms with Crippen molar-refractivity contribution in [2.45, 2.75) is 18.7 Å². The van der Waals surface area contributed by atoms with Crippen LogP contribution in [0.4, 0.5) is 17.1 Å². The van der Waals surface area contributed by atoms with E-state index in [-0.39, 0.29) is 21.8 Å². The quantitative estimate of drug-likeness (QED) is 0.452. The summed E-state index contributed by atoms with van der Waals surface area (Å²) in [5.41, 5.74) is 2.12. The van der Waals surface area contributed by atoms with Gasteiger partial charge in [-0.15, -0.1) is 0 Å². The van der Waals surface area contributed by atoms with Gasteiger partial charge in [0, 0.05) is 22.9 Å². The van der Waals surface area contributed by atoms with Crippen LogP contribution < -0.4 is 10.0 Å². The van der Waals surface area contributed by atoms with Crippen LogP contribution in [0.25, 0.3) is 0 Å². The van der Waals surface area contributed by atoms with Crippen LogP contribution in [-0.4, -0.2) is 19.2 Å². The number of nitro benzene ring substituents is 1. The zero-order chi connectivity index (χ0) is 21.9. The van der Waals surface area contributed by atoms with E-state index < -0.39 is 20.9 Å². The third kappa shape index (κ3) is 4.64. The number of carbonyl (C=O) groups is 1. The third-order valence-corrected chi connectivity index (χ3v) is 5.86. The first-order chi connectivity index (χ1) is 14.2. The first kappa shape index (κ1) is 21.0. The van der Waals surface area contributed by atoms with E-state index in [9.17, 15) is 23.3 Å². The van der Waals surface area contributed by atoms with Gasteiger partial charge in [-0.2, -0.15) is 0 Å². The molecule has 2 N–H and O–H groups in total. The molecule has 0 fully saturated rings. The molecule has 0 saturated carbocycles. The molecular formula is C21H19N3O5S. The standard InChI is InChI=1S/C21H19N3O5S/c1-14-5-3-4-6-19(14)23-30(28,29)18-11-8-16(9-12-18)21(25)22-17-10-7-15(2)20(13-17)24(26)27/h3-13,23H,1-2H3,(H,22,25). The lowest BCUT2D eigenvalue weighted by atomic mass is 10.1. The molecule has 0 aliphatic heterocycles. The molecule has 0 spiro atoms. The molecular weight excluding hydrogens is 406 g/mol. The largest absolute Gasteiger partial charge is 0.322 e. The van der Waals surface area contributed by atoms with E-state index in [0.29, 0.717) is 11.3 Å². The van der Waals surface area contributed by atoms with E-state index >= 15 is 0 Å². The molecule has 9 heteroatoms. The molecule has 154 valence electrons. The van der Waals surface area contributed by atoms with Crippen LogP contribution >= 0.6 is 0 Å². The van der Waals surface area contributed by atoms with Gasteiger partial charge in [-0.05, 0) is 55.8 Å². The predicted octanol–water partition coefficient (Wildman–Crippen LogP) is 4.26. The minimum absolute atomic E-state index is 0.00766. The van der Waals surface area contributed by atoms with Gasteiger partial charge in [-0.3, -0.25) is 19.6 Å². The van der Waals surface area contributed by atoms with Gasteiger partial charge in [0.1, 0.15) is 0 Å². The lowest BCUT2D eigenvalue weighted by Crippen LogP contribution is -2.15. The average Bonchev–Trinajstić information content (AvgIpc) is 2.71. The first-order valence-corrected chi connectivity index (χ1v) is 10.4. The van der Waals surface area contributed by atoms with E-state index in [1.165, 1.54) is 30.3 Å². The molecule has 3 rings (SSSR count). The molecule has 0 atom stereocenters. The Labute approximate surface area is 173 Å². The molecule has 1 amide bonds. The highest BCUT2D eigenvalue weighted by atomic mass is 32.2. The van der Waals surface area contributed by atoms with Crippen molar-refractivity contribution in [3.63, 3.8) is 0 Å². The molecule has 0 aliphatic carbocycles. The molecule has 3 aromatic rings. The Morgan fingerprint density at radius 1 is 0.933 bits per heavy atom. The van der Waals surface area contributed by atoms with Crippen LogP contribution in [0.5, 0.6) is 0 Å². The maximum Gasteiger partial charge on any atom is 0.274 e. The lowest BCUT2D eigenvalue weighted by Gasteiger charge is -2.11. The maximum absolute atomic E-state index is 12.6. The molecule has 0 aromatic heterocycles. The highest BCUT2D eigenvalue weighted by Crippen LogP contribution is 2.23. The van der Waals surface area contributed by atoms with Crippen molar-refractivity contribution >= 4 is 33.0 Å². The number of nitrogens with one attached hydrogen (secondary N) is 2. The number of anilines is 2. The maximum atomic E-state index is 12.6. The summed E-state index contributed by atoms with van der Waals surface area (Å²) in [7, 11) is -3.81. The molecule has 30 heavy (non-hydrogen) atoms. The molecule has 0 aliphatic rings. The van der Waals surface area contributed by atoms with Gasteiger partial charge in [0.2, 0.25) is 0 Å². The molecule has 0 saturated heterocycles. The first-order valence-electron chi connectivity index (χ1n) is 8.92. The molecule has 0 bridgehead atoms. The second kappa shape index (κ2) is 8.34. The van der Waals surface area contributed by atoms with Crippen molar-refractivity contribution in [2.75, 3.05) is 10.0 Å². The summed E-state index contributed by atoms with van der Waals surface area (Å²) < 4.78 is 27.7. The van der Waals surface area contributed by atoms with Gasteiger partial charge < -0.3 is 5.32 Å². The van der Waals surface area contributed by atoms with E-state index in [1.807, 2.05) is 6.07 Å². The summed E-state index contributed by atoms with van der Waals surface area (Å²) >= 11 is 0. The SMILES string of the molecule is Cc1ccccc1NS(=O)(=O)c1ccc(C(=O)Nc2ccc(C)c([N+](=O)[O-])c2)cc1. The number of rotatable bonds is 6. The van der Waals surface area contributed by atoms with Crippen molar-refractivity contribution in [1.82, 2.24) is 0 Å². The van der Waals surface area contributed by atoms with E-state index in [4.69, 9.17) is 0 Å². The van der Waals surface area contributed by atoms with Crippen LogP contribution in [0.2, 0.25) is 0 Å². The topological polar surface area (TPSA) is 118 Å². The highest BCUT2D eigenvalue weighted by Gasteiger charge is 2.17. The molecule has 3 aromatic carbocycles. The van der Waals surface area contributed by atoms with Crippen LogP contribution in [0.15, 0.2) is 71.6 Å². The van der Waals surface area contributed by atoms with Gasteiger partial charge in [0.05, 0.1) is 15.5 Å². The van der Waals surface area contributed by atoms with Gasteiger partial charge >= 0.3 is 0 Å². The number of nitrogens with zero attached hydrogens (tertiary/aromatic N) is 1. The average molecular weight is 425 g/mol. The third-order valence-electron chi connectivity index (χ3n) is 4.48. The van der Waals surface area contributed by atoms with E-state index in [2.05, 4.69) is 10.0 Å². The number of nitro groups is 1.